The molecule has 0 aromatic heterocycles. The Bertz CT molecular complexity index is 169. The molecule has 2 unspecified atom stereocenters. The summed E-state index contributed by atoms with van der Waals surface area (Å²) in [5.74, 6) is 0.734. The normalized spacial score (nSPS) is 22.9. The molecule has 1 fully saturated rings. The van der Waals surface area contributed by atoms with E-state index in [9.17, 15) is 0 Å². The minimum absolute atomic E-state index is 0.558. The largest absolute Gasteiger partial charge is 0.378 e. The van der Waals surface area contributed by atoms with Gasteiger partial charge in [0.25, 0.3) is 0 Å². The highest BCUT2D eigenvalue weighted by Gasteiger charge is 2.15. The van der Waals surface area contributed by atoms with Crippen molar-refractivity contribution in [2.45, 2.75) is 38.7 Å². The van der Waals surface area contributed by atoms with Gasteiger partial charge in [-0.25, -0.2) is 0 Å². The van der Waals surface area contributed by atoms with E-state index >= 15 is 0 Å². The smallest absolute Gasteiger partial charge is 0.0576 e. The van der Waals surface area contributed by atoms with Gasteiger partial charge >= 0.3 is 0 Å². The van der Waals surface area contributed by atoms with Gasteiger partial charge in [0, 0.05) is 13.2 Å². The van der Waals surface area contributed by atoms with Crippen molar-refractivity contribution in [2.75, 3.05) is 40.3 Å². The summed E-state index contributed by atoms with van der Waals surface area (Å²) in [6, 6.07) is 0. The molecular weight excluding hydrogens is 200 g/mol. The van der Waals surface area contributed by atoms with E-state index in [0.717, 1.165) is 19.1 Å². The number of nitrogens with one attached hydrogen (secondary N) is 1. The lowest BCUT2D eigenvalue weighted by molar-refractivity contribution is 0.0992. The highest BCUT2D eigenvalue weighted by atomic mass is 16.5. The predicted molar refractivity (Wildman–Crippen MR) is 68.8 cm³/mol. The van der Waals surface area contributed by atoms with Crippen molar-refractivity contribution in [1.29, 1.82) is 0 Å². The number of nitrogens with zero attached hydrogens (tertiary/aromatic N) is 1. The van der Waals surface area contributed by atoms with Gasteiger partial charge in [-0.1, -0.05) is 6.92 Å². The first-order valence-electron chi connectivity index (χ1n) is 6.67. The van der Waals surface area contributed by atoms with Gasteiger partial charge in [0.1, 0.15) is 0 Å². The van der Waals surface area contributed by atoms with Gasteiger partial charge in [-0.05, 0) is 58.8 Å². The maximum Gasteiger partial charge on any atom is 0.0576 e. The molecule has 1 aliphatic heterocycles. The molecule has 0 amide bonds. The van der Waals surface area contributed by atoms with Gasteiger partial charge in [-0.3, -0.25) is 0 Å². The number of hydrogen-bond acceptors (Lipinski definition) is 3. The molecule has 0 aromatic carbocycles. The Balaban J connectivity index is 1.98. The molecule has 1 saturated heterocycles. The SMILES string of the molecule is CNCC(C)CN(C)CCCC1CCCO1. The van der Waals surface area contributed by atoms with E-state index in [-0.39, 0.29) is 0 Å². The Morgan fingerprint density at radius 3 is 2.94 bits per heavy atom. The highest BCUT2D eigenvalue weighted by molar-refractivity contribution is 4.66. The van der Waals surface area contributed by atoms with E-state index in [1.54, 1.807) is 0 Å². The summed E-state index contributed by atoms with van der Waals surface area (Å²) in [5.41, 5.74) is 0. The first kappa shape index (κ1) is 13.9. The summed E-state index contributed by atoms with van der Waals surface area (Å²) >= 11 is 0. The molecule has 1 rings (SSSR count). The van der Waals surface area contributed by atoms with Crippen LogP contribution in [0.4, 0.5) is 0 Å². The molecule has 0 spiro atoms. The molecule has 1 aliphatic rings. The van der Waals surface area contributed by atoms with Gasteiger partial charge in [0.15, 0.2) is 0 Å². The highest BCUT2D eigenvalue weighted by Crippen LogP contribution is 2.16. The third kappa shape index (κ3) is 5.83. The molecular formula is C13H28N2O. The van der Waals surface area contributed by atoms with Crippen LogP contribution in [0.1, 0.15) is 32.6 Å². The average molecular weight is 228 g/mol. The van der Waals surface area contributed by atoms with Crippen LogP contribution in [0.25, 0.3) is 0 Å². The Hall–Kier alpha value is -0.120. The van der Waals surface area contributed by atoms with Gasteiger partial charge < -0.3 is 15.0 Å². The average Bonchev–Trinajstić information content (AvgIpc) is 2.70. The maximum absolute atomic E-state index is 5.63. The molecule has 0 saturated carbocycles. The monoisotopic (exact) mass is 228 g/mol. The fraction of sp³-hybridized carbons (Fsp3) is 1.00. The van der Waals surface area contributed by atoms with Gasteiger partial charge in [-0.15, -0.1) is 0 Å². The van der Waals surface area contributed by atoms with E-state index in [1.165, 1.54) is 38.8 Å². The molecule has 16 heavy (non-hydrogen) atoms. The minimum Gasteiger partial charge on any atom is -0.378 e. The standard InChI is InChI=1S/C13H28N2O/c1-12(10-14-2)11-15(3)8-4-6-13-7-5-9-16-13/h12-14H,4-11H2,1-3H3. The molecule has 1 heterocycles. The van der Waals surface area contributed by atoms with Crippen LogP contribution < -0.4 is 5.32 Å². The topological polar surface area (TPSA) is 24.5 Å². The number of hydrogen-bond donors (Lipinski definition) is 1. The summed E-state index contributed by atoms with van der Waals surface area (Å²) in [6.07, 6.45) is 5.61. The van der Waals surface area contributed by atoms with Crippen LogP contribution in [0.3, 0.4) is 0 Å². The van der Waals surface area contributed by atoms with Crippen molar-refractivity contribution in [1.82, 2.24) is 10.2 Å². The molecule has 0 aliphatic carbocycles. The lowest BCUT2D eigenvalue weighted by Gasteiger charge is -2.21. The zero-order valence-electron chi connectivity index (χ0n) is 11.2. The fourth-order valence-electron chi connectivity index (χ4n) is 2.50. The summed E-state index contributed by atoms with van der Waals surface area (Å²) < 4.78 is 5.63. The second-order valence-corrected chi connectivity index (χ2v) is 5.20. The lowest BCUT2D eigenvalue weighted by Crippen LogP contribution is -2.30. The zero-order valence-corrected chi connectivity index (χ0v) is 11.2. The van der Waals surface area contributed by atoms with Gasteiger partial charge in [0.05, 0.1) is 6.10 Å². The van der Waals surface area contributed by atoms with E-state index in [2.05, 4.69) is 24.2 Å². The second-order valence-electron chi connectivity index (χ2n) is 5.20. The van der Waals surface area contributed by atoms with Gasteiger partial charge in [0.2, 0.25) is 0 Å². The zero-order chi connectivity index (χ0) is 11.8. The van der Waals surface area contributed by atoms with Gasteiger partial charge in [-0.2, -0.15) is 0 Å². The first-order chi connectivity index (χ1) is 7.72. The molecule has 1 N–H and O–H groups in total. The first-order valence-corrected chi connectivity index (χ1v) is 6.67. The third-order valence-electron chi connectivity index (χ3n) is 3.27. The number of ether oxygens (including phenoxy) is 1. The van der Waals surface area contributed by atoms with Crippen LogP contribution >= 0.6 is 0 Å². The van der Waals surface area contributed by atoms with E-state index < -0.39 is 0 Å². The van der Waals surface area contributed by atoms with E-state index in [0.29, 0.717) is 6.10 Å². The van der Waals surface area contributed by atoms with Crippen molar-refractivity contribution in [3.05, 3.63) is 0 Å². The summed E-state index contributed by atoms with van der Waals surface area (Å²) in [6.45, 7) is 6.78. The van der Waals surface area contributed by atoms with Crippen molar-refractivity contribution in [3.63, 3.8) is 0 Å². The van der Waals surface area contributed by atoms with Crippen molar-refractivity contribution < 1.29 is 4.74 Å². The summed E-state index contributed by atoms with van der Waals surface area (Å²) in [7, 11) is 4.25. The Morgan fingerprint density at radius 2 is 2.31 bits per heavy atom. The van der Waals surface area contributed by atoms with Crippen LogP contribution in [0.2, 0.25) is 0 Å². The Kier molecular flexibility index (Phi) is 7.01. The van der Waals surface area contributed by atoms with Crippen LogP contribution in [0.15, 0.2) is 0 Å². The van der Waals surface area contributed by atoms with Crippen LogP contribution in [0, 0.1) is 5.92 Å². The van der Waals surface area contributed by atoms with Crippen LogP contribution in [-0.2, 0) is 4.74 Å². The molecule has 0 aromatic rings. The second kappa shape index (κ2) is 8.04. The summed E-state index contributed by atoms with van der Waals surface area (Å²) in [4.78, 5) is 2.44. The van der Waals surface area contributed by atoms with Crippen molar-refractivity contribution >= 4 is 0 Å². The molecule has 0 bridgehead atoms. The van der Waals surface area contributed by atoms with E-state index in [1.807, 2.05) is 7.05 Å². The minimum atomic E-state index is 0.558. The molecule has 2 atom stereocenters. The quantitative estimate of drug-likeness (QED) is 0.685. The molecule has 0 radical (unpaired) electrons. The molecule has 96 valence electrons. The van der Waals surface area contributed by atoms with Crippen molar-refractivity contribution in [2.24, 2.45) is 5.92 Å². The summed E-state index contributed by atoms with van der Waals surface area (Å²) in [5, 5.41) is 3.23. The van der Waals surface area contributed by atoms with Crippen LogP contribution in [0.5, 0.6) is 0 Å². The third-order valence-corrected chi connectivity index (χ3v) is 3.27. The molecule has 3 nitrogen and oxygen atoms in total. The predicted octanol–water partition coefficient (Wildman–Crippen LogP) is 1.73. The number of rotatable bonds is 8. The van der Waals surface area contributed by atoms with E-state index in [4.69, 9.17) is 4.74 Å². The van der Waals surface area contributed by atoms with Crippen molar-refractivity contribution in [3.8, 4) is 0 Å². The van der Waals surface area contributed by atoms with Crippen LogP contribution in [-0.4, -0.2) is 51.3 Å². The Labute approximate surface area is 101 Å². The Morgan fingerprint density at radius 1 is 1.50 bits per heavy atom. The lowest BCUT2D eigenvalue weighted by atomic mass is 10.1. The maximum atomic E-state index is 5.63. The molecule has 3 heteroatoms. The fourth-order valence-corrected chi connectivity index (χ4v) is 2.50.